The van der Waals surface area contributed by atoms with Gasteiger partial charge in [0.05, 0.1) is 23.8 Å². The van der Waals surface area contributed by atoms with E-state index < -0.39 is 12.0 Å². The molecule has 1 atom stereocenters. The molecular formula is C24H22N2O6S. The van der Waals surface area contributed by atoms with Gasteiger partial charge in [0, 0.05) is 5.70 Å². The van der Waals surface area contributed by atoms with Crippen LogP contribution in [0.3, 0.4) is 0 Å². The standard InChI is InChI=1S/C24H22N2O6S/c1-4-32-23(30)20-13(2)26-22(29)19(11-14-6-5-7-16(27)10-14)33-24(26)25-21(20)15-8-9-17(28)18(12-15)31-3/h5-12,21,27-28H,4H2,1-3H3/b19-11+/t21-/m0/s1. The van der Waals surface area contributed by atoms with Crippen LogP contribution in [0.5, 0.6) is 17.2 Å². The van der Waals surface area contributed by atoms with Gasteiger partial charge in [-0.15, -0.1) is 0 Å². The normalized spacial score (nSPS) is 15.7. The monoisotopic (exact) mass is 466 g/mol. The lowest BCUT2D eigenvalue weighted by molar-refractivity contribution is -0.138. The lowest BCUT2D eigenvalue weighted by Gasteiger charge is -2.22. The van der Waals surface area contributed by atoms with Gasteiger partial charge in [0.25, 0.3) is 5.56 Å². The average Bonchev–Trinajstić information content (AvgIpc) is 3.09. The first-order chi connectivity index (χ1) is 15.8. The van der Waals surface area contributed by atoms with Crippen molar-refractivity contribution < 1.29 is 24.5 Å². The van der Waals surface area contributed by atoms with E-state index in [2.05, 4.69) is 0 Å². The lowest BCUT2D eigenvalue weighted by Crippen LogP contribution is -2.35. The third-order valence-electron chi connectivity index (χ3n) is 5.23. The molecule has 2 heterocycles. The van der Waals surface area contributed by atoms with Crippen molar-refractivity contribution in [1.82, 2.24) is 4.57 Å². The number of allylic oxidation sites excluding steroid dienone is 1. The van der Waals surface area contributed by atoms with Gasteiger partial charge in [0.2, 0.25) is 0 Å². The van der Waals surface area contributed by atoms with Crippen LogP contribution in [0.25, 0.3) is 11.8 Å². The van der Waals surface area contributed by atoms with Gasteiger partial charge in [-0.25, -0.2) is 9.79 Å². The minimum atomic E-state index is -0.745. The summed E-state index contributed by atoms with van der Waals surface area (Å²) in [5, 5.41) is 19.7. The molecule has 1 aliphatic heterocycles. The number of thiazole rings is 1. The lowest BCUT2D eigenvalue weighted by atomic mass is 9.96. The van der Waals surface area contributed by atoms with E-state index in [-0.39, 0.29) is 35.0 Å². The SMILES string of the molecule is CCOC(=O)C1=C(C)n2c(s/c(=C/c3cccc(O)c3)c2=O)=N[C@H]1c1ccc(O)c(OC)c1. The molecule has 2 aromatic carbocycles. The summed E-state index contributed by atoms with van der Waals surface area (Å²) in [4.78, 5) is 31.2. The zero-order valence-corrected chi connectivity index (χ0v) is 19.0. The van der Waals surface area contributed by atoms with Crippen LogP contribution < -0.4 is 19.6 Å². The van der Waals surface area contributed by atoms with E-state index in [9.17, 15) is 19.8 Å². The summed E-state index contributed by atoms with van der Waals surface area (Å²) in [6, 6.07) is 10.6. The largest absolute Gasteiger partial charge is 0.508 e. The predicted octanol–water partition coefficient (Wildman–Crippen LogP) is 2.33. The number of aromatic nitrogens is 1. The summed E-state index contributed by atoms with van der Waals surface area (Å²) in [7, 11) is 1.44. The molecule has 0 aliphatic carbocycles. The molecule has 170 valence electrons. The summed E-state index contributed by atoms with van der Waals surface area (Å²) in [5.74, 6) is -0.267. The maximum Gasteiger partial charge on any atom is 0.338 e. The molecule has 3 aromatic rings. The second kappa shape index (κ2) is 8.95. The highest BCUT2D eigenvalue weighted by Crippen LogP contribution is 2.36. The van der Waals surface area contributed by atoms with Crippen LogP contribution >= 0.6 is 11.3 Å². The molecule has 0 radical (unpaired) electrons. The van der Waals surface area contributed by atoms with Gasteiger partial charge in [0.15, 0.2) is 16.3 Å². The molecule has 4 rings (SSSR count). The van der Waals surface area contributed by atoms with Crippen molar-refractivity contribution in [2.45, 2.75) is 19.9 Å². The van der Waals surface area contributed by atoms with Gasteiger partial charge in [0.1, 0.15) is 11.8 Å². The maximum atomic E-state index is 13.2. The van der Waals surface area contributed by atoms with E-state index in [1.165, 1.54) is 29.1 Å². The van der Waals surface area contributed by atoms with Crippen LogP contribution in [0.2, 0.25) is 0 Å². The van der Waals surface area contributed by atoms with Crippen molar-refractivity contribution in [1.29, 1.82) is 0 Å². The van der Waals surface area contributed by atoms with Crippen molar-refractivity contribution in [3.8, 4) is 17.2 Å². The molecule has 0 spiro atoms. The third-order valence-corrected chi connectivity index (χ3v) is 6.21. The maximum absolute atomic E-state index is 13.2. The number of aromatic hydroxyl groups is 2. The number of fused-ring (bicyclic) bond motifs is 1. The fourth-order valence-corrected chi connectivity index (χ4v) is 4.73. The number of esters is 1. The highest BCUT2D eigenvalue weighted by molar-refractivity contribution is 7.07. The molecule has 1 aliphatic rings. The van der Waals surface area contributed by atoms with Crippen LogP contribution in [0.4, 0.5) is 0 Å². The van der Waals surface area contributed by atoms with Gasteiger partial charge in [-0.3, -0.25) is 9.36 Å². The predicted molar refractivity (Wildman–Crippen MR) is 124 cm³/mol. The Bertz CT molecular complexity index is 1450. The minimum absolute atomic E-state index is 0.0357. The zero-order chi connectivity index (χ0) is 23.7. The van der Waals surface area contributed by atoms with Crippen LogP contribution in [0.1, 0.15) is 31.0 Å². The number of carbonyl (C=O) groups is 1. The molecule has 0 unspecified atom stereocenters. The Kier molecular flexibility index (Phi) is 6.06. The van der Waals surface area contributed by atoms with Crippen molar-refractivity contribution in [2.24, 2.45) is 4.99 Å². The molecule has 0 bridgehead atoms. The third kappa shape index (κ3) is 4.14. The summed E-state index contributed by atoms with van der Waals surface area (Å²) in [6.45, 7) is 3.56. The summed E-state index contributed by atoms with van der Waals surface area (Å²) in [6.07, 6.45) is 1.67. The van der Waals surface area contributed by atoms with E-state index in [4.69, 9.17) is 14.5 Å². The van der Waals surface area contributed by atoms with E-state index in [1.807, 2.05) is 0 Å². The van der Waals surface area contributed by atoms with Gasteiger partial charge < -0.3 is 19.7 Å². The Hall–Kier alpha value is -3.85. The first-order valence-corrected chi connectivity index (χ1v) is 11.0. The number of nitrogens with zero attached hydrogens (tertiary/aromatic N) is 2. The highest BCUT2D eigenvalue weighted by Gasteiger charge is 2.31. The molecule has 2 N–H and O–H groups in total. The van der Waals surface area contributed by atoms with Crippen molar-refractivity contribution >= 4 is 29.1 Å². The van der Waals surface area contributed by atoms with Crippen molar-refractivity contribution in [3.05, 3.63) is 78.9 Å². The Balaban J connectivity index is 1.96. The molecule has 33 heavy (non-hydrogen) atoms. The number of hydrogen-bond donors (Lipinski definition) is 2. The molecule has 0 saturated carbocycles. The number of hydrogen-bond acceptors (Lipinski definition) is 8. The quantitative estimate of drug-likeness (QED) is 0.559. The van der Waals surface area contributed by atoms with Gasteiger partial charge in [-0.1, -0.05) is 29.5 Å². The van der Waals surface area contributed by atoms with Crippen LogP contribution in [0.15, 0.2) is 57.8 Å². The minimum Gasteiger partial charge on any atom is -0.508 e. The second-order valence-corrected chi connectivity index (χ2v) is 8.32. The number of phenols is 2. The Labute approximate surface area is 193 Å². The van der Waals surface area contributed by atoms with Crippen LogP contribution in [0, 0.1) is 0 Å². The smallest absolute Gasteiger partial charge is 0.338 e. The fraction of sp³-hybridized carbons (Fsp3) is 0.208. The number of benzene rings is 2. The summed E-state index contributed by atoms with van der Waals surface area (Å²) >= 11 is 1.18. The first-order valence-electron chi connectivity index (χ1n) is 10.2. The highest BCUT2D eigenvalue weighted by atomic mass is 32.1. The second-order valence-electron chi connectivity index (χ2n) is 7.31. The fourth-order valence-electron chi connectivity index (χ4n) is 3.69. The molecular weight excluding hydrogens is 444 g/mol. The van der Waals surface area contributed by atoms with Gasteiger partial charge in [-0.2, -0.15) is 0 Å². The van der Waals surface area contributed by atoms with E-state index in [1.54, 1.807) is 56.3 Å². The molecule has 9 heteroatoms. The van der Waals surface area contributed by atoms with Gasteiger partial charge in [-0.05, 0) is 55.3 Å². The summed E-state index contributed by atoms with van der Waals surface area (Å²) in [5.41, 5.74) is 1.62. The zero-order valence-electron chi connectivity index (χ0n) is 18.2. The molecule has 0 amide bonds. The van der Waals surface area contributed by atoms with Crippen LogP contribution in [-0.4, -0.2) is 34.5 Å². The number of methoxy groups -OCH3 is 1. The van der Waals surface area contributed by atoms with Gasteiger partial charge >= 0.3 is 5.97 Å². The Morgan fingerprint density at radius 1 is 1.24 bits per heavy atom. The number of carbonyl (C=O) groups excluding carboxylic acids is 1. The Morgan fingerprint density at radius 3 is 2.73 bits per heavy atom. The number of ether oxygens (including phenoxy) is 2. The first kappa shape index (κ1) is 22.3. The van der Waals surface area contributed by atoms with E-state index in [0.29, 0.717) is 26.2 Å². The number of phenolic OH excluding ortho intramolecular Hbond substituents is 2. The molecule has 1 aromatic heterocycles. The van der Waals surface area contributed by atoms with E-state index in [0.717, 1.165) is 0 Å². The summed E-state index contributed by atoms with van der Waals surface area (Å²) < 4.78 is 12.3. The topological polar surface area (TPSA) is 110 Å². The van der Waals surface area contributed by atoms with Crippen LogP contribution in [-0.2, 0) is 9.53 Å². The Morgan fingerprint density at radius 2 is 2.03 bits per heavy atom. The molecule has 0 saturated heterocycles. The molecule has 8 nitrogen and oxygen atoms in total. The van der Waals surface area contributed by atoms with E-state index >= 15 is 0 Å². The number of rotatable bonds is 5. The average molecular weight is 467 g/mol. The van der Waals surface area contributed by atoms with Crippen molar-refractivity contribution in [2.75, 3.05) is 13.7 Å². The molecule has 0 fully saturated rings. The van der Waals surface area contributed by atoms with Crippen molar-refractivity contribution in [3.63, 3.8) is 0 Å².